The van der Waals surface area contributed by atoms with Gasteiger partial charge < -0.3 is 10.1 Å². The molecule has 0 amide bonds. The molecule has 0 spiro atoms. The van der Waals surface area contributed by atoms with E-state index in [1.807, 2.05) is 12.1 Å². The molecule has 25 heavy (non-hydrogen) atoms. The highest BCUT2D eigenvalue weighted by atomic mass is 32.2. The third kappa shape index (κ3) is 4.28. The Bertz CT molecular complexity index is 815. The Hall–Kier alpha value is -2.59. The molecule has 3 rings (SSSR count). The first-order valence-corrected chi connectivity index (χ1v) is 9.04. The molecular formula is C18H18N4O2S. The molecule has 0 atom stereocenters. The van der Waals surface area contributed by atoms with E-state index < -0.39 is 0 Å². The summed E-state index contributed by atoms with van der Waals surface area (Å²) in [6, 6.07) is 9.39. The molecular weight excluding hydrogens is 336 g/mol. The first-order valence-electron chi connectivity index (χ1n) is 8.06. The average molecular weight is 354 g/mol. The summed E-state index contributed by atoms with van der Waals surface area (Å²) in [6.07, 6.45) is 3.31. The van der Waals surface area contributed by atoms with Gasteiger partial charge in [0.15, 0.2) is 5.16 Å². The Morgan fingerprint density at radius 3 is 2.84 bits per heavy atom. The maximum absolute atomic E-state index is 11.2. The van der Waals surface area contributed by atoms with Gasteiger partial charge in [-0.3, -0.25) is 4.79 Å². The maximum atomic E-state index is 11.2. The molecule has 1 aliphatic carbocycles. The number of thioether (sulfide) groups is 1. The fourth-order valence-electron chi connectivity index (χ4n) is 2.67. The van der Waals surface area contributed by atoms with Crippen molar-refractivity contribution in [2.75, 3.05) is 18.2 Å². The number of ether oxygens (including phenoxy) is 1. The highest BCUT2D eigenvalue weighted by Gasteiger charge is 2.20. The summed E-state index contributed by atoms with van der Waals surface area (Å²) in [5.74, 6) is 1.17. The van der Waals surface area contributed by atoms with Crippen molar-refractivity contribution in [1.82, 2.24) is 9.97 Å². The third-order valence-electron chi connectivity index (χ3n) is 3.95. The van der Waals surface area contributed by atoms with E-state index in [4.69, 9.17) is 5.26 Å². The smallest absolute Gasteiger partial charge is 0.306 e. The minimum atomic E-state index is -0.232. The maximum Gasteiger partial charge on any atom is 0.306 e. The minimum Gasteiger partial charge on any atom is -0.469 e. The van der Waals surface area contributed by atoms with E-state index in [1.165, 1.54) is 18.9 Å². The molecule has 0 fully saturated rings. The molecule has 0 unspecified atom stereocenters. The van der Waals surface area contributed by atoms with E-state index in [1.54, 1.807) is 12.1 Å². The van der Waals surface area contributed by atoms with Crippen LogP contribution in [0.1, 0.15) is 29.7 Å². The Morgan fingerprint density at radius 2 is 2.12 bits per heavy atom. The van der Waals surface area contributed by atoms with Crippen LogP contribution in [-0.4, -0.2) is 28.8 Å². The van der Waals surface area contributed by atoms with Crippen LogP contribution < -0.4 is 5.32 Å². The molecule has 0 aliphatic heterocycles. The Balaban J connectivity index is 1.77. The molecule has 1 aliphatic rings. The van der Waals surface area contributed by atoms with Crippen LogP contribution in [0.15, 0.2) is 29.4 Å². The zero-order chi connectivity index (χ0) is 17.6. The Morgan fingerprint density at radius 1 is 1.32 bits per heavy atom. The first kappa shape index (κ1) is 17.2. The van der Waals surface area contributed by atoms with E-state index in [2.05, 4.69) is 26.1 Å². The lowest BCUT2D eigenvalue weighted by molar-refractivity contribution is -0.140. The van der Waals surface area contributed by atoms with Gasteiger partial charge in [0.1, 0.15) is 5.82 Å². The number of carbonyl (C=O) groups is 1. The van der Waals surface area contributed by atoms with Gasteiger partial charge in [0.25, 0.3) is 0 Å². The van der Waals surface area contributed by atoms with Gasteiger partial charge in [-0.25, -0.2) is 9.97 Å². The lowest BCUT2D eigenvalue weighted by Crippen LogP contribution is -2.05. The lowest BCUT2D eigenvalue weighted by Gasteiger charge is -2.12. The number of hydrogen-bond donors (Lipinski definition) is 1. The fourth-order valence-corrected chi connectivity index (χ4v) is 3.45. The number of esters is 1. The number of methoxy groups -OCH3 is 1. The summed E-state index contributed by atoms with van der Waals surface area (Å²) in [7, 11) is 1.39. The monoisotopic (exact) mass is 354 g/mol. The number of carbonyl (C=O) groups excluding carboxylic acids is 1. The van der Waals surface area contributed by atoms with Crippen molar-refractivity contribution in [3.63, 3.8) is 0 Å². The molecule has 0 saturated carbocycles. The zero-order valence-corrected chi connectivity index (χ0v) is 14.7. The van der Waals surface area contributed by atoms with E-state index in [9.17, 15) is 4.79 Å². The number of hydrogen-bond acceptors (Lipinski definition) is 7. The van der Waals surface area contributed by atoms with E-state index in [0.29, 0.717) is 22.9 Å². The number of benzene rings is 1. The van der Waals surface area contributed by atoms with Crippen LogP contribution in [-0.2, 0) is 22.4 Å². The van der Waals surface area contributed by atoms with Crippen LogP contribution in [0.5, 0.6) is 0 Å². The molecule has 1 heterocycles. The molecule has 0 radical (unpaired) electrons. The van der Waals surface area contributed by atoms with Crippen molar-refractivity contribution in [3.05, 3.63) is 41.1 Å². The number of aromatic nitrogens is 2. The van der Waals surface area contributed by atoms with Gasteiger partial charge in [-0.15, -0.1) is 0 Å². The SMILES string of the molecule is COC(=O)CCSc1nc2c(c(Nc3ccc(C#N)cc3)n1)CCC2. The van der Waals surface area contributed by atoms with Gasteiger partial charge in [0, 0.05) is 17.0 Å². The highest BCUT2D eigenvalue weighted by Crippen LogP contribution is 2.31. The van der Waals surface area contributed by atoms with Crippen LogP contribution in [0.3, 0.4) is 0 Å². The molecule has 2 aromatic rings. The minimum absolute atomic E-state index is 0.232. The normalized spacial score (nSPS) is 12.3. The fraction of sp³-hybridized carbons (Fsp3) is 0.333. The molecule has 1 aromatic carbocycles. The topological polar surface area (TPSA) is 87.9 Å². The van der Waals surface area contributed by atoms with Crippen molar-refractivity contribution in [2.24, 2.45) is 0 Å². The molecule has 0 bridgehead atoms. The summed E-state index contributed by atoms with van der Waals surface area (Å²) in [6.45, 7) is 0. The summed E-state index contributed by atoms with van der Waals surface area (Å²) in [4.78, 5) is 20.5. The van der Waals surface area contributed by atoms with E-state index >= 15 is 0 Å². The second kappa shape index (κ2) is 7.99. The summed E-state index contributed by atoms with van der Waals surface area (Å²) in [5, 5.41) is 12.9. The predicted octanol–water partition coefficient (Wildman–Crippen LogP) is 3.24. The highest BCUT2D eigenvalue weighted by molar-refractivity contribution is 7.99. The molecule has 128 valence electrons. The summed E-state index contributed by atoms with van der Waals surface area (Å²) in [5.41, 5.74) is 3.74. The summed E-state index contributed by atoms with van der Waals surface area (Å²) >= 11 is 1.45. The number of nitrogens with zero attached hydrogens (tertiary/aromatic N) is 3. The van der Waals surface area contributed by atoms with Gasteiger partial charge in [-0.1, -0.05) is 11.8 Å². The van der Waals surface area contributed by atoms with E-state index in [-0.39, 0.29) is 5.97 Å². The van der Waals surface area contributed by atoms with Crippen molar-refractivity contribution >= 4 is 29.2 Å². The van der Waals surface area contributed by atoms with Crippen molar-refractivity contribution < 1.29 is 9.53 Å². The second-order valence-corrected chi connectivity index (χ2v) is 6.68. The second-order valence-electron chi connectivity index (χ2n) is 5.62. The average Bonchev–Trinajstić information content (AvgIpc) is 3.11. The Labute approximate surface area is 150 Å². The molecule has 1 aromatic heterocycles. The van der Waals surface area contributed by atoms with Gasteiger partial charge in [0.05, 0.1) is 30.9 Å². The van der Waals surface area contributed by atoms with Crippen molar-refractivity contribution in [3.8, 4) is 6.07 Å². The van der Waals surface area contributed by atoms with Crippen LogP contribution in [0.4, 0.5) is 11.5 Å². The molecule has 6 nitrogen and oxygen atoms in total. The first-order chi connectivity index (χ1) is 12.2. The number of fused-ring (bicyclic) bond motifs is 1. The molecule has 1 N–H and O–H groups in total. The van der Waals surface area contributed by atoms with Gasteiger partial charge >= 0.3 is 5.97 Å². The van der Waals surface area contributed by atoms with Crippen molar-refractivity contribution in [2.45, 2.75) is 30.8 Å². The predicted molar refractivity (Wildman–Crippen MR) is 95.9 cm³/mol. The zero-order valence-electron chi connectivity index (χ0n) is 13.9. The lowest BCUT2D eigenvalue weighted by atomic mass is 10.2. The van der Waals surface area contributed by atoms with Gasteiger partial charge in [-0.2, -0.15) is 5.26 Å². The number of aryl methyl sites for hydroxylation is 1. The van der Waals surface area contributed by atoms with Crippen LogP contribution in [0.25, 0.3) is 0 Å². The van der Waals surface area contributed by atoms with Gasteiger partial charge in [0.2, 0.25) is 0 Å². The third-order valence-corrected chi connectivity index (χ3v) is 4.80. The van der Waals surface area contributed by atoms with E-state index in [0.717, 1.165) is 42.0 Å². The van der Waals surface area contributed by atoms with Gasteiger partial charge in [-0.05, 0) is 43.5 Å². The number of nitriles is 1. The molecule has 0 saturated heterocycles. The Kier molecular flexibility index (Phi) is 5.51. The number of nitrogens with one attached hydrogen (secondary N) is 1. The molecule has 7 heteroatoms. The standard InChI is InChI=1S/C18H18N4O2S/c1-24-16(23)9-10-25-18-21-15-4-2-3-14(15)17(22-18)20-13-7-5-12(11-19)6-8-13/h5-8H,2-4,9-10H2,1H3,(H,20,21,22). The number of anilines is 2. The van der Waals surface area contributed by atoms with Crippen LogP contribution in [0.2, 0.25) is 0 Å². The summed E-state index contributed by atoms with van der Waals surface area (Å²) < 4.78 is 4.66. The van der Waals surface area contributed by atoms with Crippen LogP contribution in [0, 0.1) is 11.3 Å². The van der Waals surface area contributed by atoms with Crippen molar-refractivity contribution in [1.29, 1.82) is 5.26 Å². The van der Waals surface area contributed by atoms with Crippen LogP contribution >= 0.6 is 11.8 Å². The largest absolute Gasteiger partial charge is 0.469 e. The number of rotatable bonds is 6. The quantitative estimate of drug-likeness (QED) is 0.484.